The molecule has 0 atom stereocenters. The first-order chi connectivity index (χ1) is 7.05. The van der Waals surface area contributed by atoms with Crippen molar-refractivity contribution in [2.75, 3.05) is 11.5 Å². The van der Waals surface area contributed by atoms with Crippen LogP contribution in [-0.2, 0) is 9.84 Å². The van der Waals surface area contributed by atoms with E-state index in [1.54, 1.807) is 17.8 Å². The molecule has 0 N–H and O–H groups in total. The maximum atomic E-state index is 11.2. The molecule has 0 saturated carbocycles. The van der Waals surface area contributed by atoms with Crippen LogP contribution in [-0.4, -0.2) is 19.9 Å². The van der Waals surface area contributed by atoms with Gasteiger partial charge in [-0.2, -0.15) is 0 Å². The number of hydrogen-bond donors (Lipinski definition) is 0. The Bertz CT molecular complexity index is 484. The molecule has 4 heteroatoms. The molecule has 1 aliphatic rings. The summed E-state index contributed by atoms with van der Waals surface area (Å²) in [5.74, 6) is 0.396. The fraction of sp³-hybridized carbons (Fsp3) is 0.273. The van der Waals surface area contributed by atoms with Gasteiger partial charge in [0, 0.05) is 9.80 Å². The Labute approximate surface area is 94.3 Å². The summed E-state index contributed by atoms with van der Waals surface area (Å²) in [5, 5.41) is 0. The fourth-order valence-electron chi connectivity index (χ4n) is 1.38. The van der Waals surface area contributed by atoms with Crippen molar-refractivity contribution in [1.82, 2.24) is 0 Å². The van der Waals surface area contributed by atoms with E-state index in [1.165, 1.54) is 5.56 Å². The van der Waals surface area contributed by atoms with Crippen LogP contribution in [0.25, 0.3) is 0 Å². The first kappa shape index (κ1) is 10.8. The maximum Gasteiger partial charge on any atom is 0.158 e. The van der Waals surface area contributed by atoms with Crippen molar-refractivity contribution in [1.29, 1.82) is 0 Å². The lowest BCUT2D eigenvalue weighted by Gasteiger charge is -2.01. The highest BCUT2D eigenvalue weighted by atomic mass is 32.2. The summed E-state index contributed by atoms with van der Waals surface area (Å²) in [6.45, 7) is 2.04. The van der Waals surface area contributed by atoms with Crippen molar-refractivity contribution in [3.63, 3.8) is 0 Å². The second-order valence-electron chi connectivity index (χ2n) is 3.64. The van der Waals surface area contributed by atoms with Gasteiger partial charge >= 0.3 is 0 Å². The first-order valence-electron chi connectivity index (χ1n) is 4.69. The summed E-state index contributed by atoms with van der Waals surface area (Å²) in [7, 11) is -2.84. The van der Waals surface area contributed by atoms with Gasteiger partial charge in [0.1, 0.15) is 0 Å². The van der Waals surface area contributed by atoms with Gasteiger partial charge in [-0.15, -0.1) is 0 Å². The molecule has 0 aliphatic carbocycles. The van der Waals surface area contributed by atoms with Crippen LogP contribution in [0, 0.1) is 6.92 Å². The third-order valence-electron chi connectivity index (χ3n) is 2.20. The molecule has 2 nitrogen and oxygen atoms in total. The topological polar surface area (TPSA) is 34.1 Å². The van der Waals surface area contributed by atoms with E-state index >= 15 is 0 Å². The summed E-state index contributed by atoms with van der Waals surface area (Å²) >= 11 is 1.54. The molecule has 0 bridgehead atoms. The number of thioether (sulfide) groups is 1. The smallest absolute Gasteiger partial charge is 0.158 e. The van der Waals surface area contributed by atoms with Gasteiger partial charge in [-0.25, -0.2) is 8.42 Å². The normalized spacial score (nSPS) is 18.9. The van der Waals surface area contributed by atoms with Crippen LogP contribution < -0.4 is 0 Å². The molecule has 0 radical (unpaired) electrons. The molecule has 1 heterocycles. The molecule has 1 aromatic rings. The molecular weight excluding hydrogens is 228 g/mol. The van der Waals surface area contributed by atoms with Gasteiger partial charge in [-0.1, -0.05) is 35.5 Å². The van der Waals surface area contributed by atoms with Gasteiger partial charge in [0.2, 0.25) is 0 Å². The molecule has 0 spiro atoms. The Morgan fingerprint density at radius 2 is 1.87 bits per heavy atom. The van der Waals surface area contributed by atoms with E-state index in [-0.39, 0.29) is 11.5 Å². The van der Waals surface area contributed by atoms with E-state index in [4.69, 9.17) is 0 Å². The Morgan fingerprint density at radius 3 is 2.40 bits per heavy atom. The fourth-order valence-corrected chi connectivity index (χ4v) is 4.13. The lowest BCUT2D eigenvalue weighted by atomic mass is 10.2. The van der Waals surface area contributed by atoms with Crippen LogP contribution >= 0.6 is 11.8 Å². The predicted octanol–water partition coefficient (Wildman–Crippen LogP) is 2.40. The third kappa shape index (κ3) is 2.86. The molecular formula is C11H12O2S2. The first-order valence-corrected chi connectivity index (χ1v) is 7.33. The molecule has 0 amide bonds. The van der Waals surface area contributed by atoms with Crippen molar-refractivity contribution >= 4 is 21.6 Å². The van der Waals surface area contributed by atoms with Gasteiger partial charge < -0.3 is 0 Å². The van der Waals surface area contributed by atoms with Gasteiger partial charge in [0.25, 0.3) is 0 Å². The standard InChI is InChI=1S/C11H12O2S2/c1-9-2-4-10(5-3-9)14-11-6-7-15(12,13)8-11/h2-6H,7-8H2,1H3. The third-order valence-corrected chi connectivity index (χ3v) is 4.89. The molecule has 1 aromatic carbocycles. The second-order valence-corrected chi connectivity index (χ2v) is 6.95. The zero-order valence-corrected chi connectivity index (χ0v) is 10.1. The van der Waals surface area contributed by atoms with Crippen LogP contribution in [0.1, 0.15) is 5.56 Å². The summed E-state index contributed by atoms with van der Waals surface area (Å²) < 4.78 is 22.4. The summed E-state index contributed by atoms with van der Waals surface area (Å²) in [6, 6.07) is 8.11. The summed E-state index contributed by atoms with van der Waals surface area (Å²) in [6.07, 6.45) is 1.81. The van der Waals surface area contributed by atoms with Gasteiger partial charge in [0.05, 0.1) is 11.5 Å². The lowest BCUT2D eigenvalue weighted by Crippen LogP contribution is -2.01. The number of aryl methyl sites for hydroxylation is 1. The zero-order valence-electron chi connectivity index (χ0n) is 8.43. The quantitative estimate of drug-likeness (QED) is 0.796. The van der Waals surface area contributed by atoms with Gasteiger partial charge in [0.15, 0.2) is 9.84 Å². The highest BCUT2D eigenvalue weighted by Gasteiger charge is 2.20. The average molecular weight is 240 g/mol. The molecule has 0 aromatic heterocycles. The van der Waals surface area contributed by atoms with Crippen molar-refractivity contribution in [2.45, 2.75) is 11.8 Å². The predicted molar refractivity (Wildman–Crippen MR) is 63.8 cm³/mol. The SMILES string of the molecule is Cc1ccc(SC2=CCS(=O)(=O)C2)cc1. The Hall–Kier alpha value is -0.740. The molecule has 0 unspecified atom stereocenters. The minimum Gasteiger partial charge on any atom is -0.228 e. The minimum absolute atomic E-state index is 0.196. The summed E-state index contributed by atoms with van der Waals surface area (Å²) in [4.78, 5) is 2.04. The van der Waals surface area contributed by atoms with Crippen LogP contribution in [0.5, 0.6) is 0 Å². The van der Waals surface area contributed by atoms with E-state index in [1.807, 2.05) is 31.2 Å². The lowest BCUT2D eigenvalue weighted by molar-refractivity contribution is 0.603. The Kier molecular flexibility index (Phi) is 2.89. The monoisotopic (exact) mass is 240 g/mol. The van der Waals surface area contributed by atoms with Gasteiger partial charge in [-0.3, -0.25) is 0 Å². The molecule has 0 fully saturated rings. The highest BCUT2D eigenvalue weighted by Crippen LogP contribution is 2.30. The molecule has 0 saturated heterocycles. The van der Waals surface area contributed by atoms with Crippen molar-refractivity contribution in [3.05, 3.63) is 40.8 Å². The minimum atomic E-state index is -2.84. The maximum absolute atomic E-state index is 11.2. The molecule has 80 valence electrons. The van der Waals surface area contributed by atoms with Crippen LogP contribution in [0.15, 0.2) is 40.1 Å². The number of sulfone groups is 1. The molecule has 2 rings (SSSR count). The highest BCUT2D eigenvalue weighted by molar-refractivity contribution is 8.05. The largest absolute Gasteiger partial charge is 0.228 e. The average Bonchev–Trinajstić information content (AvgIpc) is 2.50. The van der Waals surface area contributed by atoms with Crippen molar-refractivity contribution < 1.29 is 8.42 Å². The molecule has 1 aliphatic heterocycles. The summed E-state index contributed by atoms with van der Waals surface area (Å²) in [5.41, 5.74) is 1.22. The zero-order chi connectivity index (χ0) is 10.9. The van der Waals surface area contributed by atoms with Crippen molar-refractivity contribution in [2.24, 2.45) is 0 Å². The van der Waals surface area contributed by atoms with E-state index < -0.39 is 9.84 Å². The number of benzene rings is 1. The number of hydrogen-bond acceptors (Lipinski definition) is 3. The van der Waals surface area contributed by atoms with Gasteiger partial charge in [-0.05, 0) is 19.1 Å². The molecule has 15 heavy (non-hydrogen) atoms. The van der Waals surface area contributed by atoms with Crippen LogP contribution in [0.4, 0.5) is 0 Å². The van der Waals surface area contributed by atoms with Crippen LogP contribution in [0.3, 0.4) is 0 Å². The van der Waals surface area contributed by atoms with E-state index in [0.717, 1.165) is 9.80 Å². The number of rotatable bonds is 2. The van der Waals surface area contributed by atoms with E-state index in [0.29, 0.717) is 0 Å². The second kappa shape index (κ2) is 4.02. The van der Waals surface area contributed by atoms with Crippen LogP contribution in [0.2, 0.25) is 0 Å². The van der Waals surface area contributed by atoms with E-state index in [2.05, 4.69) is 0 Å². The Morgan fingerprint density at radius 1 is 1.20 bits per heavy atom. The Balaban J connectivity index is 2.08. The van der Waals surface area contributed by atoms with Crippen molar-refractivity contribution in [3.8, 4) is 0 Å². The van der Waals surface area contributed by atoms with E-state index in [9.17, 15) is 8.42 Å².